The van der Waals surface area contributed by atoms with E-state index in [-0.39, 0.29) is 0 Å². The van der Waals surface area contributed by atoms with E-state index in [2.05, 4.69) is 10.3 Å². The molecule has 2 aromatic rings. The number of aliphatic carboxylic acids is 1. The molecule has 0 unspecified atom stereocenters. The first-order valence-electron chi connectivity index (χ1n) is 5.55. The number of hydrogen-bond donors (Lipinski definition) is 2. The van der Waals surface area contributed by atoms with Crippen LogP contribution in [0.4, 0.5) is 5.82 Å². The molecule has 0 saturated heterocycles. The van der Waals surface area contributed by atoms with Crippen LogP contribution in [0.25, 0.3) is 10.1 Å². The lowest BCUT2D eigenvalue weighted by Gasteiger charge is -2.38. The Labute approximate surface area is 102 Å². The normalized spacial score (nSPS) is 17.6. The number of carbonyl (C=O) groups is 1. The molecule has 4 nitrogen and oxygen atoms in total. The minimum atomic E-state index is -0.802. The smallest absolute Gasteiger partial charge is 0.329 e. The van der Waals surface area contributed by atoms with E-state index in [1.807, 2.05) is 17.5 Å². The molecular formula is C12H12N2O2S. The van der Waals surface area contributed by atoms with Gasteiger partial charge in [0.05, 0.1) is 0 Å². The first-order chi connectivity index (χ1) is 8.21. The van der Waals surface area contributed by atoms with Gasteiger partial charge in [0.15, 0.2) is 0 Å². The number of aromatic nitrogens is 1. The predicted octanol–water partition coefficient (Wildman–Crippen LogP) is 2.72. The highest BCUT2D eigenvalue weighted by atomic mass is 32.1. The van der Waals surface area contributed by atoms with Gasteiger partial charge in [-0.05, 0) is 36.8 Å². The van der Waals surface area contributed by atoms with Crippen LogP contribution in [-0.4, -0.2) is 21.6 Å². The molecule has 2 N–H and O–H groups in total. The monoisotopic (exact) mass is 248 g/mol. The lowest BCUT2D eigenvalue weighted by atomic mass is 9.77. The number of pyridine rings is 1. The van der Waals surface area contributed by atoms with Crippen LogP contribution in [0.1, 0.15) is 19.3 Å². The van der Waals surface area contributed by atoms with Gasteiger partial charge in [0.1, 0.15) is 11.4 Å². The van der Waals surface area contributed by atoms with Crippen LogP contribution in [0.2, 0.25) is 0 Å². The molecule has 3 rings (SSSR count). The number of nitrogens with zero attached hydrogens (tertiary/aromatic N) is 1. The highest BCUT2D eigenvalue weighted by Gasteiger charge is 2.44. The third-order valence-electron chi connectivity index (χ3n) is 3.35. The standard InChI is InChI=1S/C12H12N2O2S/c15-11(16)12(4-1-5-12)14-10-8-3-7-17-9(8)2-6-13-10/h2-3,6-7H,1,4-5H2,(H,13,14)(H,15,16). The Hall–Kier alpha value is -1.62. The maximum atomic E-state index is 11.3. The Morgan fingerprint density at radius 2 is 2.29 bits per heavy atom. The van der Waals surface area contributed by atoms with E-state index >= 15 is 0 Å². The topological polar surface area (TPSA) is 62.2 Å². The van der Waals surface area contributed by atoms with Crippen LogP contribution in [0.3, 0.4) is 0 Å². The summed E-state index contributed by atoms with van der Waals surface area (Å²) in [5.74, 6) is -0.0939. The third-order valence-corrected chi connectivity index (χ3v) is 4.24. The minimum Gasteiger partial charge on any atom is -0.480 e. The number of rotatable bonds is 3. The van der Waals surface area contributed by atoms with Gasteiger partial charge in [-0.25, -0.2) is 9.78 Å². The summed E-state index contributed by atoms with van der Waals surface area (Å²) in [4.78, 5) is 15.6. The molecule has 0 bridgehead atoms. The van der Waals surface area contributed by atoms with Crippen molar-refractivity contribution >= 4 is 33.2 Å². The van der Waals surface area contributed by atoms with Crippen molar-refractivity contribution in [3.8, 4) is 0 Å². The van der Waals surface area contributed by atoms with Gasteiger partial charge in [-0.3, -0.25) is 0 Å². The number of carboxylic acid groups (broad SMARTS) is 1. The van der Waals surface area contributed by atoms with E-state index in [0.717, 1.165) is 16.5 Å². The van der Waals surface area contributed by atoms with Crippen molar-refractivity contribution in [1.29, 1.82) is 0 Å². The molecule has 0 amide bonds. The molecule has 2 heterocycles. The number of hydrogen-bond acceptors (Lipinski definition) is 4. The molecule has 17 heavy (non-hydrogen) atoms. The molecule has 5 heteroatoms. The second kappa shape index (κ2) is 3.70. The Morgan fingerprint density at radius 3 is 2.94 bits per heavy atom. The maximum absolute atomic E-state index is 11.3. The highest BCUT2D eigenvalue weighted by Crippen LogP contribution is 2.37. The van der Waals surface area contributed by atoms with E-state index in [0.29, 0.717) is 18.7 Å². The van der Waals surface area contributed by atoms with Crippen molar-refractivity contribution in [1.82, 2.24) is 4.98 Å². The Kier molecular flexibility index (Phi) is 2.29. The van der Waals surface area contributed by atoms with Gasteiger partial charge < -0.3 is 10.4 Å². The molecule has 0 radical (unpaired) electrons. The Balaban J connectivity index is 1.99. The summed E-state index contributed by atoms with van der Waals surface area (Å²) in [5.41, 5.74) is -0.802. The SMILES string of the molecule is O=C(O)C1(Nc2nccc3sccc23)CCC1. The second-order valence-corrected chi connectivity index (χ2v) is 5.31. The first-order valence-corrected chi connectivity index (χ1v) is 6.43. The fourth-order valence-corrected chi connectivity index (χ4v) is 2.93. The van der Waals surface area contributed by atoms with E-state index < -0.39 is 11.5 Å². The zero-order chi connectivity index (χ0) is 11.9. The summed E-state index contributed by atoms with van der Waals surface area (Å²) in [6.07, 6.45) is 4.02. The van der Waals surface area contributed by atoms with Gasteiger partial charge in [0, 0.05) is 16.3 Å². The van der Waals surface area contributed by atoms with Crippen molar-refractivity contribution in [2.24, 2.45) is 0 Å². The van der Waals surface area contributed by atoms with Crippen LogP contribution in [0, 0.1) is 0 Å². The fraction of sp³-hybridized carbons (Fsp3) is 0.333. The number of carboxylic acids is 1. The van der Waals surface area contributed by atoms with Crippen LogP contribution in [0.5, 0.6) is 0 Å². The molecule has 88 valence electrons. The average Bonchev–Trinajstić information content (AvgIpc) is 2.71. The third kappa shape index (κ3) is 1.58. The minimum absolute atomic E-state index is 0.671. The van der Waals surface area contributed by atoms with E-state index in [1.165, 1.54) is 0 Å². The Morgan fingerprint density at radius 1 is 1.47 bits per heavy atom. The summed E-state index contributed by atoms with van der Waals surface area (Å²) in [6.45, 7) is 0. The number of anilines is 1. The molecule has 0 aliphatic heterocycles. The van der Waals surface area contributed by atoms with Gasteiger partial charge in [-0.1, -0.05) is 0 Å². The van der Waals surface area contributed by atoms with Gasteiger partial charge >= 0.3 is 5.97 Å². The summed E-state index contributed by atoms with van der Waals surface area (Å²) in [5, 5.41) is 15.4. The van der Waals surface area contributed by atoms with Crippen LogP contribution in [0.15, 0.2) is 23.7 Å². The van der Waals surface area contributed by atoms with Gasteiger partial charge in [0.25, 0.3) is 0 Å². The lowest BCUT2D eigenvalue weighted by molar-refractivity contribution is -0.145. The van der Waals surface area contributed by atoms with Gasteiger partial charge in [-0.2, -0.15) is 0 Å². The molecule has 0 spiro atoms. The van der Waals surface area contributed by atoms with Gasteiger partial charge in [-0.15, -0.1) is 11.3 Å². The van der Waals surface area contributed by atoms with Crippen molar-refractivity contribution in [3.05, 3.63) is 23.7 Å². The second-order valence-electron chi connectivity index (χ2n) is 4.36. The first kappa shape index (κ1) is 10.5. The summed E-state index contributed by atoms with van der Waals surface area (Å²) < 4.78 is 1.13. The van der Waals surface area contributed by atoms with Crippen molar-refractivity contribution in [2.45, 2.75) is 24.8 Å². The largest absolute Gasteiger partial charge is 0.480 e. The zero-order valence-corrected chi connectivity index (χ0v) is 9.96. The van der Waals surface area contributed by atoms with Crippen LogP contribution in [-0.2, 0) is 4.79 Å². The van der Waals surface area contributed by atoms with E-state index in [9.17, 15) is 9.90 Å². The van der Waals surface area contributed by atoms with Gasteiger partial charge in [0.2, 0.25) is 0 Å². The molecular weight excluding hydrogens is 236 g/mol. The molecule has 2 aromatic heterocycles. The number of fused-ring (bicyclic) bond motifs is 1. The summed E-state index contributed by atoms with van der Waals surface area (Å²) in [6, 6.07) is 3.92. The molecule has 0 aromatic carbocycles. The molecule has 1 aliphatic rings. The van der Waals surface area contributed by atoms with Crippen molar-refractivity contribution in [2.75, 3.05) is 5.32 Å². The summed E-state index contributed by atoms with van der Waals surface area (Å²) >= 11 is 1.63. The lowest BCUT2D eigenvalue weighted by Crippen LogP contribution is -2.52. The summed E-state index contributed by atoms with van der Waals surface area (Å²) in [7, 11) is 0. The maximum Gasteiger partial charge on any atom is 0.329 e. The van der Waals surface area contributed by atoms with E-state index in [4.69, 9.17) is 0 Å². The quantitative estimate of drug-likeness (QED) is 0.876. The van der Waals surface area contributed by atoms with Crippen LogP contribution < -0.4 is 5.32 Å². The van der Waals surface area contributed by atoms with Crippen molar-refractivity contribution in [3.63, 3.8) is 0 Å². The number of thiophene rings is 1. The molecule has 0 atom stereocenters. The number of nitrogens with one attached hydrogen (secondary N) is 1. The zero-order valence-electron chi connectivity index (χ0n) is 9.14. The average molecular weight is 248 g/mol. The molecule has 1 aliphatic carbocycles. The van der Waals surface area contributed by atoms with Crippen LogP contribution >= 0.6 is 11.3 Å². The highest BCUT2D eigenvalue weighted by molar-refractivity contribution is 7.17. The predicted molar refractivity (Wildman–Crippen MR) is 67.5 cm³/mol. The molecule has 1 fully saturated rings. The van der Waals surface area contributed by atoms with E-state index in [1.54, 1.807) is 17.5 Å². The fourth-order valence-electron chi connectivity index (χ4n) is 2.14. The van der Waals surface area contributed by atoms with Crippen molar-refractivity contribution < 1.29 is 9.90 Å². The Bertz CT molecular complexity index is 575. The molecule has 1 saturated carbocycles.